The Labute approximate surface area is 187 Å². The lowest BCUT2D eigenvalue weighted by molar-refractivity contribution is 0.0491. The molecule has 2 fully saturated rings. The summed E-state index contributed by atoms with van der Waals surface area (Å²) in [6.45, 7) is 0.627. The molecule has 0 bridgehead atoms. The zero-order valence-electron chi connectivity index (χ0n) is 17.8. The van der Waals surface area contributed by atoms with E-state index < -0.39 is 17.2 Å². The van der Waals surface area contributed by atoms with Crippen LogP contribution in [-0.4, -0.2) is 68.3 Å². The fraction of sp³-hybridized carbons (Fsp3) is 0.304. The number of hydrogen-bond acceptors (Lipinski definition) is 6. The third-order valence-corrected chi connectivity index (χ3v) is 6.43. The van der Waals surface area contributed by atoms with Gasteiger partial charge in [0.25, 0.3) is 11.9 Å². The molecule has 0 saturated carbocycles. The maximum Gasteiger partial charge on any atom is 0.298 e. The van der Waals surface area contributed by atoms with E-state index in [0.717, 1.165) is 5.56 Å². The van der Waals surface area contributed by atoms with Crippen LogP contribution in [-0.2, 0) is 0 Å². The molecule has 4 aromatic rings. The minimum Gasteiger partial charge on any atom is -0.423 e. The molecular weight excluding hydrogens is 430 g/mol. The average molecular weight is 450 g/mol. The predicted molar refractivity (Wildman–Crippen MR) is 116 cm³/mol. The first-order valence-corrected chi connectivity index (χ1v) is 10.6. The van der Waals surface area contributed by atoms with E-state index in [-0.39, 0.29) is 32.2 Å². The molecule has 0 unspecified atom stereocenters. The molecule has 0 spiro atoms. The Kier molecular flexibility index (Phi) is 4.11. The number of halogens is 2. The molecule has 1 amide bonds. The van der Waals surface area contributed by atoms with Crippen LogP contribution in [0.3, 0.4) is 0 Å². The molecule has 2 aliphatic heterocycles. The molecule has 4 heterocycles. The number of alkyl halides is 2. The fourth-order valence-corrected chi connectivity index (χ4v) is 4.77. The summed E-state index contributed by atoms with van der Waals surface area (Å²) in [6.07, 6.45) is 3.00. The topological polar surface area (TPSA) is 80.3 Å². The van der Waals surface area contributed by atoms with Crippen LogP contribution < -0.4 is 4.90 Å². The summed E-state index contributed by atoms with van der Waals surface area (Å²) in [5, 5.41) is 8.19. The van der Waals surface area contributed by atoms with Crippen molar-refractivity contribution in [1.29, 1.82) is 0 Å². The van der Waals surface area contributed by atoms with Crippen LogP contribution in [0.2, 0.25) is 0 Å². The van der Waals surface area contributed by atoms with E-state index in [1.807, 2.05) is 25.1 Å². The minimum atomic E-state index is -2.24. The highest BCUT2D eigenvalue weighted by Gasteiger charge is 2.67. The number of nitrogens with zero attached hydrogens (tertiary/aromatic N) is 6. The lowest BCUT2D eigenvalue weighted by atomic mass is 9.94. The third-order valence-electron chi connectivity index (χ3n) is 6.43. The van der Waals surface area contributed by atoms with Gasteiger partial charge < -0.3 is 14.2 Å². The van der Waals surface area contributed by atoms with Gasteiger partial charge >= 0.3 is 0 Å². The number of carbonyl (C=O) groups is 1. The second-order valence-corrected chi connectivity index (χ2v) is 8.75. The number of fused-ring (bicyclic) bond motifs is 2. The Bertz CT molecular complexity index is 1320. The molecule has 0 radical (unpaired) electrons. The molecule has 2 saturated heterocycles. The highest BCUT2D eigenvalue weighted by molar-refractivity contribution is 5.98. The quantitative estimate of drug-likeness (QED) is 0.477. The first-order valence-electron chi connectivity index (χ1n) is 10.6. The summed E-state index contributed by atoms with van der Waals surface area (Å²) < 4.78 is 37.6. The Balaban J connectivity index is 1.28. The number of anilines is 1. The van der Waals surface area contributed by atoms with Gasteiger partial charge in [0.2, 0.25) is 0 Å². The largest absolute Gasteiger partial charge is 0.423 e. The maximum absolute atomic E-state index is 15.9. The van der Waals surface area contributed by atoms with Crippen LogP contribution in [0.25, 0.3) is 16.8 Å². The maximum atomic E-state index is 15.9. The number of aryl methyl sites for hydroxylation is 1. The second-order valence-electron chi connectivity index (χ2n) is 8.75. The highest BCUT2D eigenvalue weighted by atomic mass is 19.2. The first-order chi connectivity index (χ1) is 15.9. The van der Waals surface area contributed by atoms with Gasteiger partial charge in [-0.3, -0.25) is 4.79 Å². The number of benzene rings is 2. The van der Waals surface area contributed by atoms with Gasteiger partial charge in [0.1, 0.15) is 5.52 Å². The van der Waals surface area contributed by atoms with Gasteiger partial charge in [-0.25, -0.2) is 8.78 Å². The molecular formula is C23H20F2N6O2. The van der Waals surface area contributed by atoms with Crippen molar-refractivity contribution in [2.24, 2.45) is 0 Å². The van der Waals surface area contributed by atoms with Crippen LogP contribution in [0, 0.1) is 6.92 Å². The minimum absolute atomic E-state index is 0.184. The number of hydrogen-bond donors (Lipinski definition) is 0. The van der Waals surface area contributed by atoms with Crippen molar-refractivity contribution >= 4 is 23.0 Å². The normalized spacial score (nSPS) is 24.6. The summed E-state index contributed by atoms with van der Waals surface area (Å²) >= 11 is 0. The molecule has 8 nitrogen and oxygen atoms in total. The van der Waals surface area contributed by atoms with Crippen LogP contribution in [0.1, 0.15) is 15.9 Å². The monoisotopic (exact) mass is 450 g/mol. The Morgan fingerprint density at radius 1 is 1.00 bits per heavy atom. The summed E-state index contributed by atoms with van der Waals surface area (Å²) in [4.78, 5) is 21.8. The molecule has 2 aromatic heterocycles. The van der Waals surface area contributed by atoms with Gasteiger partial charge in [-0.05, 0) is 31.2 Å². The second kappa shape index (κ2) is 6.84. The van der Waals surface area contributed by atoms with Gasteiger partial charge in [-0.15, -0.1) is 0 Å². The number of para-hydroxylation sites is 2. The van der Waals surface area contributed by atoms with Crippen molar-refractivity contribution in [3.8, 4) is 5.69 Å². The molecule has 2 atom stereocenters. The Hall–Kier alpha value is -3.82. The third kappa shape index (κ3) is 3.00. The smallest absolute Gasteiger partial charge is 0.298 e. The Morgan fingerprint density at radius 2 is 1.70 bits per heavy atom. The average Bonchev–Trinajstić information content (AvgIpc) is 3.54. The number of amides is 1. The van der Waals surface area contributed by atoms with E-state index in [1.165, 1.54) is 27.0 Å². The molecule has 2 aromatic carbocycles. The molecule has 2 aliphatic rings. The molecule has 168 valence electrons. The van der Waals surface area contributed by atoms with E-state index in [9.17, 15) is 4.79 Å². The van der Waals surface area contributed by atoms with Crippen molar-refractivity contribution in [3.63, 3.8) is 0 Å². The lowest BCUT2D eigenvalue weighted by Gasteiger charge is -2.22. The Morgan fingerprint density at radius 3 is 2.39 bits per heavy atom. The number of carbonyl (C=O) groups excluding carboxylic acids is 1. The van der Waals surface area contributed by atoms with Gasteiger partial charge in [-0.1, -0.05) is 23.8 Å². The van der Waals surface area contributed by atoms with Crippen LogP contribution in [0.5, 0.6) is 0 Å². The SMILES string of the molecule is Cc1ccc(-n2nccn2)c(C(=O)N2C[C@@]3(F)CN(c4nc5ccccc5o4)C[C@@]3(F)C2)c1. The first kappa shape index (κ1) is 19.8. The number of rotatable bonds is 3. The van der Waals surface area contributed by atoms with Crippen LogP contribution in [0.15, 0.2) is 59.3 Å². The van der Waals surface area contributed by atoms with Crippen LogP contribution in [0.4, 0.5) is 14.8 Å². The van der Waals surface area contributed by atoms with E-state index in [0.29, 0.717) is 22.4 Å². The van der Waals surface area contributed by atoms with Gasteiger partial charge in [-0.2, -0.15) is 20.0 Å². The molecule has 0 aliphatic carbocycles. The summed E-state index contributed by atoms with van der Waals surface area (Å²) in [6, 6.07) is 12.6. The van der Waals surface area contributed by atoms with E-state index in [1.54, 1.807) is 24.3 Å². The summed E-state index contributed by atoms with van der Waals surface area (Å²) in [5.74, 6) is -0.456. The fourth-order valence-electron chi connectivity index (χ4n) is 4.77. The standard InChI is InChI=1S/C23H20F2N6O2/c1-15-6-7-18(31-26-8-9-27-31)16(10-15)20(32)29-11-22(24)13-30(14-23(22,25)12-29)21-28-17-4-2-3-5-19(17)33-21/h2-10H,11-14H2,1H3/t22-,23+. The van der Waals surface area contributed by atoms with Crippen molar-refractivity contribution in [2.45, 2.75) is 18.3 Å². The summed E-state index contributed by atoms with van der Waals surface area (Å²) in [7, 11) is 0. The van der Waals surface area contributed by atoms with Gasteiger partial charge in [0.05, 0.1) is 49.8 Å². The number of aromatic nitrogens is 4. The van der Waals surface area contributed by atoms with Crippen LogP contribution >= 0.6 is 0 Å². The zero-order chi connectivity index (χ0) is 22.8. The number of likely N-dealkylation sites (tertiary alicyclic amines) is 1. The predicted octanol–water partition coefficient (Wildman–Crippen LogP) is 3.11. The van der Waals surface area contributed by atoms with E-state index in [4.69, 9.17) is 4.42 Å². The molecule has 10 heteroatoms. The molecule has 0 N–H and O–H groups in total. The van der Waals surface area contributed by atoms with E-state index >= 15 is 8.78 Å². The highest BCUT2D eigenvalue weighted by Crippen LogP contribution is 2.46. The summed E-state index contributed by atoms with van der Waals surface area (Å²) in [5.41, 5.74) is -1.69. The number of oxazole rings is 1. The van der Waals surface area contributed by atoms with Crippen molar-refractivity contribution in [3.05, 3.63) is 66.0 Å². The lowest BCUT2D eigenvalue weighted by Crippen LogP contribution is -2.44. The molecule has 33 heavy (non-hydrogen) atoms. The van der Waals surface area contributed by atoms with Crippen molar-refractivity contribution in [2.75, 3.05) is 31.1 Å². The zero-order valence-corrected chi connectivity index (χ0v) is 17.8. The van der Waals surface area contributed by atoms with Gasteiger partial charge in [0.15, 0.2) is 16.9 Å². The van der Waals surface area contributed by atoms with Gasteiger partial charge in [0, 0.05) is 0 Å². The molecule has 6 rings (SSSR count). The van der Waals surface area contributed by atoms with Crippen molar-refractivity contribution in [1.82, 2.24) is 24.9 Å². The van der Waals surface area contributed by atoms with E-state index in [2.05, 4.69) is 15.2 Å². The van der Waals surface area contributed by atoms with Crippen molar-refractivity contribution < 1.29 is 18.0 Å².